The van der Waals surface area contributed by atoms with Gasteiger partial charge in [-0.2, -0.15) is 0 Å². The lowest BCUT2D eigenvalue weighted by atomic mass is 9.70. The summed E-state index contributed by atoms with van der Waals surface area (Å²) in [5, 5.41) is 11.0. The van der Waals surface area contributed by atoms with Crippen LogP contribution in [0.1, 0.15) is 18.0 Å². The van der Waals surface area contributed by atoms with Gasteiger partial charge in [-0.1, -0.05) is 82.1 Å². The first-order valence-electron chi connectivity index (χ1n) is 13.5. The van der Waals surface area contributed by atoms with Crippen LogP contribution in [-0.2, 0) is 19.1 Å². The van der Waals surface area contributed by atoms with E-state index in [0.717, 1.165) is 0 Å². The Bertz CT molecular complexity index is 1360. The topological polar surface area (TPSA) is 90.4 Å². The fraction of sp³-hybridized carbons (Fsp3) is 0.387. The molecule has 3 aliphatic rings. The molecule has 2 aromatic carbocycles. The molecular weight excluding hydrogens is 610 g/mol. The molecule has 3 saturated heterocycles. The van der Waals surface area contributed by atoms with Crippen LogP contribution in [0.2, 0.25) is 5.02 Å². The Morgan fingerprint density at radius 2 is 1.80 bits per heavy atom. The van der Waals surface area contributed by atoms with Crippen molar-refractivity contribution < 1.29 is 24.2 Å². The number of anilines is 1. The molecule has 5 rings (SSSR count). The number of hydrogen-bond donors (Lipinski definition) is 1. The van der Waals surface area contributed by atoms with E-state index in [-0.39, 0.29) is 17.3 Å². The molecule has 10 heteroatoms. The number of ether oxygens (including phenoxy) is 1. The van der Waals surface area contributed by atoms with Gasteiger partial charge in [-0.15, -0.1) is 13.2 Å². The smallest absolute Gasteiger partial charge is 0.253 e. The zero-order valence-corrected chi connectivity index (χ0v) is 25.1. The maximum atomic E-state index is 14.8. The Morgan fingerprint density at radius 3 is 2.44 bits per heavy atom. The lowest BCUT2D eigenvalue weighted by Gasteiger charge is -2.39. The molecule has 0 aliphatic carbocycles. The van der Waals surface area contributed by atoms with E-state index in [1.165, 1.54) is 14.7 Å². The second-order valence-corrected chi connectivity index (χ2v) is 12.3. The third kappa shape index (κ3) is 4.73. The third-order valence-electron chi connectivity index (χ3n) is 8.44. The number of amides is 3. The van der Waals surface area contributed by atoms with Crippen LogP contribution in [0.4, 0.5) is 5.69 Å². The predicted molar refractivity (Wildman–Crippen MR) is 161 cm³/mol. The van der Waals surface area contributed by atoms with Crippen molar-refractivity contribution in [3.05, 3.63) is 90.5 Å². The Labute approximate surface area is 253 Å². The zero-order chi connectivity index (χ0) is 29.5. The van der Waals surface area contributed by atoms with Gasteiger partial charge in [-0.3, -0.25) is 14.4 Å². The van der Waals surface area contributed by atoms with E-state index < -0.39 is 54.0 Å². The van der Waals surface area contributed by atoms with E-state index >= 15 is 0 Å². The number of aliphatic hydroxyl groups is 1. The molecule has 0 aromatic heterocycles. The van der Waals surface area contributed by atoms with Crippen LogP contribution in [0, 0.1) is 11.8 Å². The summed E-state index contributed by atoms with van der Waals surface area (Å²) < 4.78 is 6.65. The molecule has 3 heterocycles. The van der Waals surface area contributed by atoms with Gasteiger partial charge < -0.3 is 24.5 Å². The summed E-state index contributed by atoms with van der Waals surface area (Å²) in [6.45, 7) is 7.58. The molecule has 3 fully saturated rings. The van der Waals surface area contributed by atoms with E-state index in [1.807, 2.05) is 30.3 Å². The van der Waals surface area contributed by atoms with Crippen molar-refractivity contribution in [2.75, 3.05) is 31.6 Å². The van der Waals surface area contributed by atoms with Gasteiger partial charge in [0.1, 0.15) is 11.6 Å². The molecule has 1 N–H and O–H groups in total. The molecule has 0 saturated carbocycles. The Hall–Kier alpha value is -2.98. The number of carbonyl (C=O) groups excluding carboxylic acids is 3. The average Bonchev–Trinajstić information content (AvgIpc) is 3.56. The summed E-state index contributed by atoms with van der Waals surface area (Å²) in [5.41, 5.74) is -0.166. The molecule has 8 nitrogen and oxygen atoms in total. The summed E-state index contributed by atoms with van der Waals surface area (Å²) in [6.07, 6.45) is 2.96. The molecule has 0 radical (unpaired) electrons. The van der Waals surface area contributed by atoms with Crippen LogP contribution in [0.15, 0.2) is 79.9 Å². The number of aliphatic hydroxyl groups excluding tert-OH is 1. The first-order chi connectivity index (χ1) is 19.7. The van der Waals surface area contributed by atoms with Crippen LogP contribution in [0.5, 0.6) is 0 Å². The van der Waals surface area contributed by atoms with Crippen molar-refractivity contribution in [3.63, 3.8) is 0 Å². The van der Waals surface area contributed by atoms with E-state index in [4.69, 9.17) is 16.3 Å². The molecule has 216 valence electrons. The summed E-state index contributed by atoms with van der Waals surface area (Å²) >= 11 is 10.3. The number of rotatable bonds is 10. The summed E-state index contributed by atoms with van der Waals surface area (Å²) in [6, 6.07) is 14.1. The molecule has 3 amide bonds. The fourth-order valence-electron chi connectivity index (χ4n) is 6.79. The van der Waals surface area contributed by atoms with E-state index in [9.17, 15) is 19.5 Å². The Balaban J connectivity index is 1.68. The number of carbonyl (C=O) groups is 3. The van der Waals surface area contributed by atoms with Crippen LogP contribution >= 0.6 is 27.5 Å². The maximum absolute atomic E-state index is 14.8. The standard InChI is InChI=1S/C31H33BrClN3O5/c1-4-15-34(3)28(38)24-25-29(39)36(23(18-37)19-11-7-6-8-12-19)27(31(25)17-20(32)26(24)41-31)30(40)35(16-5-2)22-14-10-9-13-21(22)33/h4-14,20,23-27,37H,1-2,15-18H2,3H3/t20?,23-,24+,25+,26+,27?,31?/m1/s1. The number of fused-ring (bicyclic) bond motifs is 1. The molecular formula is C31H33BrClN3O5. The van der Waals surface area contributed by atoms with Crippen LogP contribution in [0.25, 0.3) is 0 Å². The van der Waals surface area contributed by atoms with E-state index in [1.54, 1.807) is 43.5 Å². The number of nitrogens with zero attached hydrogens (tertiary/aromatic N) is 3. The lowest BCUT2D eigenvalue weighted by Crippen LogP contribution is -2.58. The second kappa shape index (κ2) is 11.7. The van der Waals surface area contributed by atoms with Crippen LogP contribution < -0.4 is 4.90 Å². The molecule has 3 unspecified atom stereocenters. The molecule has 7 atom stereocenters. The molecule has 41 heavy (non-hydrogen) atoms. The first-order valence-corrected chi connectivity index (χ1v) is 14.8. The predicted octanol–water partition coefficient (Wildman–Crippen LogP) is 3.99. The van der Waals surface area contributed by atoms with Gasteiger partial charge in [-0.25, -0.2) is 0 Å². The summed E-state index contributed by atoms with van der Waals surface area (Å²) in [4.78, 5) is 47.3. The largest absolute Gasteiger partial charge is 0.394 e. The van der Waals surface area contributed by atoms with Crippen LogP contribution in [-0.4, -0.2) is 81.9 Å². The van der Waals surface area contributed by atoms with Gasteiger partial charge in [0.2, 0.25) is 11.8 Å². The highest BCUT2D eigenvalue weighted by Gasteiger charge is 2.77. The van der Waals surface area contributed by atoms with E-state index in [0.29, 0.717) is 29.2 Å². The molecule has 1 spiro atoms. The second-order valence-electron chi connectivity index (χ2n) is 10.7. The van der Waals surface area contributed by atoms with Crippen molar-refractivity contribution >= 4 is 50.9 Å². The number of halogens is 2. The maximum Gasteiger partial charge on any atom is 0.253 e. The van der Waals surface area contributed by atoms with Gasteiger partial charge in [-0.05, 0) is 24.1 Å². The minimum absolute atomic E-state index is 0.128. The number of hydrogen-bond acceptors (Lipinski definition) is 5. The van der Waals surface area contributed by atoms with Crippen LogP contribution in [0.3, 0.4) is 0 Å². The fourth-order valence-corrected chi connectivity index (χ4v) is 7.97. The third-order valence-corrected chi connectivity index (χ3v) is 9.60. The van der Waals surface area contributed by atoms with Gasteiger partial charge in [0.15, 0.2) is 0 Å². The average molecular weight is 643 g/mol. The van der Waals surface area contributed by atoms with Crippen molar-refractivity contribution in [2.45, 2.75) is 35.0 Å². The van der Waals surface area contributed by atoms with Gasteiger partial charge in [0, 0.05) is 25.0 Å². The Kier molecular flexibility index (Phi) is 8.43. The van der Waals surface area contributed by atoms with Gasteiger partial charge in [0.05, 0.1) is 41.3 Å². The quantitative estimate of drug-likeness (QED) is 0.313. The zero-order valence-electron chi connectivity index (χ0n) is 22.7. The Morgan fingerprint density at radius 1 is 1.15 bits per heavy atom. The highest BCUT2D eigenvalue weighted by molar-refractivity contribution is 9.09. The summed E-state index contributed by atoms with van der Waals surface area (Å²) in [5.74, 6) is -2.78. The normalized spacial score (nSPS) is 28.7. The molecule has 3 aliphatic heterocycles. The number of benzene rings is 2. The molecule has 2 aromatic rings. The number of likely N-dealkylation sites (tertiary alicyclic amines) is 1. The van der Waals surface area contributed by atoms with Crippen molar-refractivity contribution in [2.24, 2.45) is 11.8 Å². The number of alkyl halides is 1. The minimum Gasteiger partial charge on any atom is -0.394 e. The summed E-state index contributed by atoms with van der Waals surface area (Å²) in [7, 11) is 1.66. The van der Waals surface area contributed by atoms with Crippen molar-refractivity contribution in [3.8, 4) is 0 Å². The first kappa shape index (κ1) is 29.5. The number of para-hydroxylation sites is 1. The van der Waals surface area contributed by atoms with E-state index in [2.05, 4.69) is 29.1 Å². The monoisotopic (exact) mass is 641 g/mol. The van der Waals surface area contributed by atoms with Crippen molar-refractivity contribution in [1.82, 2.24) is 9.80 Å². The number of likely N-dealkylation sites (N-methyl/N-ethyl adjacent to an activating group) is 1. The van der Waals surface area contributed by atoms with Crippen molar-refractivity contribution in [1.29, 1.82) is 0 Å². The SMILES string of the molecule is C=CCN(C)C(=O)[C@H]1[C@H]2C(=O)N([C@H](CO)c3ccccc3)C(C(=O)N(CC=C)c3ccccc3Cl)C23CC(Br)[C@@H]1O3. The highest BCUT2D eigenvalue weighted by atomic mass is 79.9. The molecule has 2 bridgehead atoms. The minimum atomic E-state index is -1.30. The van der Waals surface area contributed by atoms with Gasteiger partial charge >= 0.3 is 0 Å². The lowest BCUT2D eigenvalue weighted by molar-refractivity contribution is -0.147. The highest BCUT2D eigenvalue weighted by Crippen LogP contribution is 2.61. The van der Waals surface area contributed by atoms with Gasteiger partial charge in [0.25, 0.3) is 5.91 Å².